The maximum absolute atomic E-state index is 6.96. The molecule has 0 N–H and O–H groups in total. The van der Waals surface area contributed by atoms with Gasteiger partial charge in [0.05, 0.1) is 5.69 Å². The normalized spacial score (nSPS) is 11.8. The fourth-order valence-corrected chi connectivity index (χ4v) is 9.31. The summed E-state index contributed by atoms with van der Waals surface area (Å²) in [5.41, 5.74) is 9.99. The van der Waals surface area contributed by atoms with Gasteiger partial charge in [-0.2, -0.15) is 0 Å². The minimum atomic E-state index is 0.942. The lowest BCUT2D eigenvalue weighted by atomic mass is 9.98. The number of hydrogen-bond acceptors (Lipinski definition) is 3. The van der Waals surface area contributed by atoms with Crippen molar-refractivity contribution in [2.45, 2.75) is 0 Å². The third-order valence-corrected chi connectivity index (χ3v) is 11.8. The zero-order valence-corrected chi connectivity index (χ0v) is 29.5. The van der Waals surface area contributed by atoms with Crippen molar-refractivity contribution < 1.29 is 4.42 Å². The number of benzene rings is 9. The molecular formula is C50H31NOS. The molecule has 0 unspecified atom stereocenters. The standard InChI is InChI=1S/C50H31NOS/c1-2-11-32(12-3-1)36-16-8-17-38(31-36)51(37-26-23-35(24-27-37)40-20-9-15-33-13-4-6-18-39(33)40)44-21-10-22-45-47(44)48-46(53-45)30-29-43-42-28-25-34-14-5-7-19-41(34)49(42)52-50(43)48/h1-31H. The molecule has 11 aromatic rings. The Bertz CT molecular complexity index is 3170. The van der Waals surface area contributed by atoms with Gasteiger partial charge in [0.1, 0.15) is 11.2 Å². The second kappa shape index (κ2) is 11.9. The number of fused-ring (bicyclic) bond motifs is 10. The van der Waals surface area contributed by atoms with Gasteiger partial charge in [-0.05, 0) is 93.0 Å². The summed E-state index contributed by atoms with van der Waals surface area (Å²) in [6.07, 6.45) is 0. The topological polar surface area (TPSA) is 16.4 Å². The lowest BCUT2D eigenvalue weighted by Gasteiger charge is -2.27. The van der Waals surface area contributed by atoms with E-state index in [1.807, 2.05) is 11.3 Å². The average molecular weight is 694 g/mol. The minimum Gasteiger partial charge on any atom is -0.455 e. The van der Waals surface area contributed by atoms with E-state index in [0.717, 1.165) is 49.8 Å². The van der Waals surface area contributed by atoms with Gasteiger partial charge in [0.25, 0.3) is 0 Å². The van der Waals surface area contributed by atoms with E-state index in [2.05, 4.69) is 193 Å². The summed E-state index contributed by atoms with van der Waals surface area (Å²) >= 11 is 1.83. The van der Waals surface area contributed by atoms with Crippen LogP contribution in [0.4, 0.5) is 17.1 Å². The van der Waals surface area contributed by atoms with E-state index in [1.165, 1.54) is 53.2 Å². The van der Waals surface area contributed by atoms with Crippen LogP contribution in [0.5, 0.6) is 0 Å². The summed E-state index contributed by atoms with van der Waals surface area (Å²) in [4.78, 5) is 2.42. The van der Waals surface area contributed by atoms with Gasteiger partial charge in [-0.3, -0.25) is 0 Å². The first-order chi connectivity index (χ1) is 26.3. The highest BCUT2D eigenvalue weighted by molar-refractivity contribution is 7.26. The Kier molecular flexibility index (Phi) is 6.76. The van der Waals surface area contributed by atoms with Crippen molar-refractivity contribution in [3.8, 4) is 22.3 Å². The van der Waals surface area contributed by atoms with E-state index in [1.54, 1.807) is 0 Å². The maximum atomic E-state index is 6.96. The molecule has 248 valence electrons. The van der Waals surface area contributed by atoms with Crippen molar-refractivity contribution in [3.05, 3.63) is 188 Å². The Morgan fingerprint density at radius 2 is 1.04 bits per heavy atom. The van der Waals surface area contributed by atoms with E-state index < -0.39 is 0 Å². The fourth-order valence-electron chi connectivity index (χ4n) is 8.18. The first-order valence-corrected chi connectivity index (χ1v) is 18.8. The third kappa shape index (κ3) is 4.78. The second-order valence-corrected chi connectivity index (χ2v) is 14.7. The average Bonchev–Trinajstić information content (AvgIpc) is 3.81. The number of rotatable bonds is 5. The van der Waals surface area contributed by atoms with Crippen LogP contribution in [0.25, 0.3) is 85.9 Å². The highest BCUT2D eigenvalue weighted by Crippen LogP contribution is 2.49. The molecule has 0 radical (unpaired) electrons. The van der Waals surface area contributed by atoms with Crippen LogP contribution < -0.4 is 4.90 Å². The molecule has 0 saturated heterocycles. The van der Waals surface area contributed by atoms with Gasteiger partial charge >= 0.3 is 0 Å². The van der Waals surface area contributed by atoms with Crippen LogP contribution in [0.1, 0.15) is 0 Å². The molecule has 11 rings (SSSR count). The van der Waals surface area contributed by atoms with E-state index in [-0.39, 0.29) is 0 Å². The maximum Gasteiger partial charge on any atom is 0.144 e. The molecule has 2 heterocycles. The summed E-state index contributed by atoms with van der Waals surface area (Å²) in [5, 5.41) is 9.47. The molecule has 0 aliphatic rings. The van der Waals surface area contributed by atoms with Crippen molar-refractivity contribution >= 4 is 92.1 Å². The highest BCUT2D eigenvalue weighted by Gasteiger charge is 2.22. The lowest BCUT2D eigenvalue weighted by molar-refractivity contribution is 0.677. The molecule has 0 atom stereocenters. The molecule has 0 amide bonds. The number of anilines is 3. The third-order valence-electron chi connectivity index (χ3n) is 10.6. The fraction of sp³-hybridized carbons (Fsp3) is 0. The molecule has 0 aliphatic carbocycles. The quantitative estimate of drug-likeness (QED) is 0.178. The molecule has 0 spiro atoms. The van der Waals surface area contributed by atoms with E-state index in [4.69, 9.17) is 4.42 Å². The van der Waals surface area contributed by atoms with Crippen LogP contribution in [0, 0.1) is 0 Å². The summed E-state index contributed by atoms with van der Waals surface area (Å²) < 4.78 is 9.40. The van der Waals surface area contributed by atoms with Gasteiger partial charge in [-0.1, -0.05) is 133 Å². The largest absolute Gasteiger partial charge is 0.455 e. The van der Waals surface area contributed by atoms with E-state index in [9.17, 15) is 0 Å². The summed E-state index contributed by atoms with van der Waals surface area (Å²) in [5.74, 6) is 0. The van der Waals surface area contributed by atoms with Gasteiger partial charge in [0.2, 0.25) is 0 Å². The monoisotopic (exact) mass is 693 g/mol. The molecule has 2 aromatic heterocycles. The van der Waals surface area contributed by atoms with Gasteiger partial charge in [-0.15, -0.1) is 11.3 Å². The van der Waals surface area contributed by atoms with Crippen LogP contribution >= 0.6 is 11.3 Å². The lowest BCUT2D eigenvalue weighted by Crippen LogP contribution is -2.10. The highest BCUT2D eigenvalue weighted by atomic mass is 32.1. The summed E-state index contributed by atoms with van der Waals surface area (Å²) in [6, 6.07) is 67.9. The van der Waals surface area contributed by atoms with E-state index in [0.29, 0.717) is 0 Å². The van der Waals surface area contributed by atoms with Crippen molar-refractivity contribution in [1.29, 1.82) is 0 Å². The number of nitrogens with zero attached hydrogens (tertiary/aromatic N) is 1. The second-order valence-electron chi connectivity index (χ2n) is 13.7. The molecule has 2 nitrogen and oxygen atoms in total. The van der Waals surface area contributed by atoms with Crippen LogP contribution in [0.15, 0.2) is 192 Å². The first kappa shape index (κ1) is 30.0. The van der Waals surface area contributed by atoms with E-state index >= 15 is 0 Å². The van der Waals surface area contributed by atoms with Crippen molar-refractivity contribution in [1.82, 2.24) is 0 Å². The Morgan fingerprint density at radius 1 is 0.377 bits per heavy atom. The molecule has 0 fully saturated rings. The Balaban J connectivity index is 1.17. The SMILES string of the molecule is c1ccc(-c2cccc(N(c3ccc(-c4cccc5ccccc45)cc3)c3cccc4sc5ccc6c7ccc8ccccc8c7oc6c5c34)c2)cc1. The van der Waals surface area contributed by atoms with Gasteiger partial charge in [-0.25, -0.2) is 0 Å². The Hall–Kier alpha value is -6.68. The van der Waals surface area contributed by atoms with Crippen molar-refractivity contribution in [2.24, 2.45) is 0 Å². The Morgan fingerprint density at radius 3 is 1.91 bits per heavy atom. The predicted molar refractivity (Wildman–Crippen MR) is 227 cm³/mol. The van der Waals surface area contributed by atoms with Crippen LogP contribution in [0.2, 0.25) is 0 Å². The summed E-state index contributed by atoms with van der Waals surface area (Å²) in [7, 11) is 0. The molecule has 9 aromatic carbocycles. The van der Waals surface area contributed by atoms with Crippen LogP contribution in [0.3, 0.4) is 0 Å². The first-order valence-electron chi connectivity index (χ1n) is 18.0. The zero-order valence-electron chi connectivity index (χ0n) is 28.7. The van der Waals surface area contributed by atoms with Gasteiger partial charge in [0.15, 0.2) is 0 Å². The number of thiophene rings is 1. The minimum absolute atomic E-state index is 0.942. The van der Waals surface area contributed by atoms with Crippen LogP contribution in [-0.2, 0) is 0 Å². The van der Waals surface area contributed by atoms with Crippen LogP contribution in [-0.4, -0.2) is 0 Å². The molecule has 3 heteroatoms. The van der Waals surface area contributed by atoms with Gasteiger partial charge in [0, 0.05) is 47.7 Å². The molecular weight excluding hydrogens is 663 g/mol. The van der Waals surface area contributed by atoms with Crippen molar-refractivity contribution in [2.75, 3.05) is 4.90 Å². The smallest absolute Gasteiger partial charge is 0.144 e. The molecule has 53 heavy (non-hydrogen) atoms. The number of furan rings is 1. The number of hydrogen-bond donors (Lipinski definition) is 0. The molecule has 0 aliphatic heterocycles. The molecule has 0 bridgehead atoms. The molecule has 0 saturated carbocycles. The summed E-state index contributed by atoms with van der Waals surface area (Å²) in [6.45, 7) is 0. The Labute approximate surface area is 310 Å². The predicted octanol–water partition coefficient (Wildman–Crippen LogP) is 15.1. The zero-order chi connectivity index (χ0) is 34.9. The van der Waals surface area contributed by atoms with Gasteiger partial charge < -0.3 is 9.32 Å². The van der Waals surface area contributed by atoms with Crippen molar-refractivity contribution in [3.63, 3.8) is 0 Å².